The Morgan fingerprint density at radius 2 is 1.86 bits per heavy atom. The van der Waals surface area contributed by atoms with E-state index in [1.54, 1.807) is 4.90 Å². The number of carbonyl (C=O) groups excluding carboxylic acids is 1. The SMILES string of the molecule is CC(C)(C)OC(=O)N1CCCC(NCC(O)C(C)(C)C)CC1. The summed E-state index contributed by atoms with van der Waals surface area (Å²) in [5, 5.41) is 13.6. The summed E-state index contributed by atoms with van der Waals surface area (Å²) in [7, 11) is 0. The van der Waals surface area contributed by atoms with Crippen LogP contribution >= 0.6 is 0 Å². The molecule has 0 bridgehead atoms. The molecule has 1 fully saturated rings. The van der Waals surface area contributed by atoms with Crippen molar-refractivity contribution in [3.8, 4) is 0 Å². The van der Waals surface area contributed by atoms with Crippen molar-refractivity contribution in [2.45, 2.75) is 78.6 Å². The molecule has 5 heteroatoms. The Morgan fingerprint density at radius 3 is 2.41 bits per heavy atom. The molecule has 130 valence electrons. The van der Waals surface area contributed by atoms with Crippen molar-refractivity contribution in [1.82, 2.24) is 10.2 Å². The van der Waals surface area contributed by atoms with E-state index >= 15 is 0 Å². The van der Waals surface area contributed by atoms with E-state index in [0.717, 1.165) is 25.8 Å². The third-order valence-electron chi connectivity index (χ3n) is 3.98. The van der Waals surface area contributed by atoms with Crippen LogP contribution in [0.2, 0.25) is 0 Å². The minimum Gasteiger partial charge on any atom is -0.444 e. The highest BCUT2D eigenvalue weighted by Gasteiger charge is 2.26. The van der Waals surface area contributed by atoms with Gasteiger partial charge in [-0.1, -0.05) is 20.8 Å². The number of nitrogens with zero attached hydrogens (tertiary/aromatic N) is 1. The number of aliphatic hydroxyl groups excluding tert-OH is 1. The van der Waals surface area contributed by atoms with Crippen molar-refractivity contribution >= 4 is 6.09 Å². The Bertz CT molecular complexity index is 358. The lowest BCUT2D eigenvalue weighted by Crippen LogP contribution is -2.42. The molecule has 0 saturated carbocycles. The smallest absolute Gasteiger partial charge is 0.410 e. The highest BCUT2D eigenvalue weighted by atomic mass is 16.6. The van der Waals surface area contributed by atoms with E-state index in [4.69, 9.17) is 4.74 Å². The van der Waals surface area contributed by atoms with Crippen LogP contribution in [0.1, 0.15) is 60.8 Å². The average molecular weight is 314 g/mol. The summed E-state index contributed by atoms with van der Waals surface area (Å²) in [6, 6.07) is 0.351. The maximum atomic E-state index is 12.1. The summed E-state index contributed by atoms with van der Waals surface area (Å²) in [4.78, 5) is 13.9. The number of hydrogen-bond donors (Lipinski definition) is 2. The van der Waals surface area contributed by atoms with E-state index in [0.29, 0.717) is 19.1 Å². The first-order valence-electron chi connectivity index (χ1n) is 8.38. The van der Waals surface area contributed by atoms with Crippen LogP contribution in [0.25, 0.3) is 0 Å². The molecule has 22 heavy (non-hydrogen) atoms. The largest absolute Gasteiger partial charge is 0.444 e. The van der Waals surface area contributed by atoms with Gasteiger partial charge in [0.05, 0.1) is 6.10 Å². The van der Waals surface area contributed by atoms with Crippen molar-refractivity contribution in [3.63, 3.8) is 0 Å². The normalized spacial score (nSPS) is 22.1. The van der Waals surface area contributed by atoms with Crippen molar-refractivity contribution in [2.24, 2.45) is 5.41 Å². The number of carbonyl (C=O) groups is 1. The van der Waals surface area contributed by atoms with Crippen molar-refractivity contribution < 1.29 is 14.6 Å². The highest BCUT2D eigenvalue weighted by molar-refractivity contribution is 5.68. The number of hydrogen-bond acceptors (Lipinski definition) is 4. The molecular formula is C17H34N2O3. The number of rotatable bonds is 3. The zero-order valence-corrected chi connectivity index (χ0v) is 15.1. The van der Waals surface area contributed by atoms with E-state index < -0.39 is 5.60 Å². The molecule has 1 saturated heterocycles. The fourth-order valence-corrected chi connectivity index (χ4v) is 2.39. The summed E-state index contributed by atoms with van der Waals surface area (Å²) in [6.45, 7) is 13.8. The van der Waals surface area contributed by atoms with Crippen LogP contribution in [-0.4, -0.2) is 53.5 Å². The zero-order chi connectivity index (χ0) is 17.0. The molecular weight excluding hydrogens is 280 g/mol. The van der Waals surface area contributed by atoms with Gasteiger partial charge in [-0.15, -0.1) is 0 Å². The molecule has 0 spiro atoms. The second kappa shape index (κ2) is 7.64. The van der Waals surface area contributed by atoms with E-state index in [1.165, 1.54) is 0 Å². The maximum absolute atomic E-state index is 12.1. The predicted octanol–water partition coefficient (Wildman–Crippen LogP) is 2.77. The Balaban J connectivity index is 2.41. The minimum atomic E-state index is -0.447. The highest BCUT2D eigenvalue weighted by Crippen LogP contribution is 2.19. The Labute approximate surface area is 135 Å². The fraction of sp³-hybridized carbons (Fsp3) is 0.941. The first-order valence-corrected chi connectivity index (χ1v) is 8.38. The van der Waals surface area contributed by atoms with Crippen LogP contribution in [0.3, 0.4) is 0 Å². The minimum absolute atomic E-state index is 0.111. The van der Waals surface area contributed by atoms with E-state index in [2.05, 4.69) is 5.32 Å². The quantitative estimate of drug-likeness (QED) is 0.841. The third kappa shape index (κ3) is 6.97. The van der Waals surface area contributed by atoms with Crippen LogP contribution in [-0.2, 0) is 4.74 Å². The monoisotopic (exact) mass is 314 g/mol. The number of ether oxygens (including phenoxy) is 1. The van der Waals surface area contributed by atoms with Crippen LogP contribution in [0.15, 0.2) is 0 Å². The Morgan fingerprint density at radius 1 is 1.23 bits per heavy atom. The lowest BCUT2D eigenvalue weighted by atomic mass is 9.89. The van der Waals surface area contributed by atoms with E-state index in [1.807, 2.05) is 41.5 Å². The predicted molar refractivity (Wildman–Crippen MR) is 88.9 cm³/mol. The van der Waals surface area contributed by atoms with Gasteiger partial charge in [0.2, 0.25) is 0 Å². The molecule has 0 radical (unpaired) electrons. The molecule has 1 heterocycles. The average Bonchev–Trinajstić information content (AvgIpc) is 2.58. The van der Waals surface area contributed by atoms with Gasteiger partial charge in [-0.05, 0) is 45.4 Å². The van der Waals surface area contributed by atoms with Crippen LogP contribution in [0.5, 0.6) is 0 Å². The van der Waals surface area contributed by atoms with Gasteiger partial charge in [-0.3, -0.25) is 0 Å². The molecule has 1 aliphatic heterocycles. The fourth-order valence-electron chi connectivity index (χ4n) is 2.39. The lowest BCUT2D eigenvalue weighted by molar-refractivity contribution is 0.0255. The number of likely N-dealkylation sites (tertiary alicyclic amines) is 1. The topological polar surface area (TPSA) is 61.8 Å². The van der Waals surface area contributed by atoms with Crippen molar-refractivity contribution in [1.29, 1.82) is 0 Å². The summed E-state index contributed by atoms with van der Waals surface area (Å²) < 4.78 is 5.44. The van der Waals surface area contributed by atoms with Gasteiger partial charge in [0.1, 0.15) is 5.60 Å². The Kier molecular flexibility index (Phi) is 6.68. The number of aliphatic hydroxyl groups is 1. The van der Waals surface area contributed by atoms with Crippen molar-refractivity contribution in [2.75, 3.05) is 19.6 Å². The van der Waals surface area contributed by atoms with Gasteiger partial charge in [-0.2, -0.15) is 0 Å². The van der Waals surface area contributed by atoms with Gasteiger partial charge >= 0.3 is 6.09 Å². The molecule has 2 N–H and O–H groups in total. The zero-order valence-electron chi connectivity index (χ0n) is 15.1. The number of amides is 1. The second-order valence-electron chi connectivity index (χ2n) is 8.39. The van der Waals surface area contributed by atoms with Gasteiger partial charge in [0, 0.05) is 25.7 Å². The molecule has 5 nitrogen and oxygen atoms in total. The summed E-state index contributed by atoms with van der Waals surface area (Å²) in [6.07, 6.45) is 2.30. The molecule has 1 aliphatic rings. The van der Waals surface area contributed by atoms with E-state index in [-0.39, 0.29) is 17.6 Å². The van der Waals surface area contributed by atoms with E-state index in [9.17, 15) is 9.90 Å². The molecule has 1 amide bonds. The van der Waals surface area contributed by atoms with Crippen molar-refractivity contribution in [3.05, 3.63) is 0 Å². The summed E-state index contributed by atoms with van der Waals surface area (Å²) in [5.41, 5.74) is -0.557. The molecule has 0 aliphatic carbocycles. The molecule has 0 aromatic carbocycles. The van der Waals surface area contributed by atoms with Gasteiger partial charge in [0.25, 0.3) is 0 Å². The maximum Gasteiger partial charge on any atom is 0.410 e. The second-order valence-corrected chi connectivity index (χ2v) is 8.39. The first kappa shape index (κ1) is 19.2. The van der Waals surface area contributed by atoms with Gasteiger partial charge in [-0.25, -0.2) is 4.79 Å². The molecule has 0 aromatic rings. The molecule has 1 rings (SSSR count). The van der Waals surface area contributed by atoms with Gasteiger partial charge in [0.15, 0.2) is 0 Å². The summed E-state index contributed by atoms with van der Waals surface area (Å²) >= 11 is 0. The molecule has 0 aromatic heterocycles. The lowest BCUT2D eigenvalue weighted by Gasteiger charge is -2.28. The standard InChI is InChI=1S/C17H34N2O3/c1-16(2,3)14(20)12-18-13-8-7-10-19(11-9-13)15(21)22-17(4,5)6/h13-14,18,20H,7-12H2,1-6H3. The third-order valence-corrected chi connectivity index (χ3v) is 3.98. The summed E-state index contributed by atoms with van der Waals surface area (Å²) in [5.74, 6) is 0. The molecule has 2 atom stereocenters. The van der Waals surface area contributed by atoms with Crippen LogP contribution in [0.4, 0.5) is 4.79 Å². The van der Waals surface area contributed by atoms with Gasteiger partial charge < -0.3 is 20.1 Å². The molecule has 2 unspecified atom stereocenters. The van der Waals surface area contributed by atoms with Crippen LogP contribution < -0.4 is 5.32 Å². The van der Waals surface area contributed by atoms with Crippen LogP contribution in [0, 0.1) is 5.41 Å². The number of nitrogens with one attached hydrogen (secondary N) is 1. The first-order chi connectivity index (χ1) is 9.99. The Hall–Kier alpha value is -0.810.